The van der Waals surface area contributed by atoms with Crippen LogP contribution in [0.25, 0.3) is 22.6 Å². The van der Waals surface area contributed by atoms with Gasteiger partial charge in [-0.15, -0.1) is 5.10 Å². The van der Waals surface area contributed by atoms with Crippen molar-refractivity contribution in [3.63, 3.8) is 0 Å². The number of aliphatic hydroxyl groups excluding tert-OH is 1. The summed E-state index contributed by atoms with van der Waals surface area (Å²) < 4.78 is 49.0. The van der Waals surface area contributed by atoms with Crippen molar-refractivity contribution < 1.29 is 37.2 Å². The Kier molecular flexibility index (Phi) is 3.73. The molecule has 4 aliphatic rings. The van der Waals surface area contributed by atoms with Gasteiger partial charge >= 0.3 is 25.6 Å². The standard InChI is InChI=1S/C17H12FN6O7P/c1-23-14(20-21-22-23)13-5-2-9(7-19-13)11-4-3-10(6-12(11)18)24-15(26)28-16(8-25)17(24)30-32(27,29-16)31-17/h2-7,25H,8H2,1H3/t16-,17?,32?/m1/s1. The van der Waals surface area contributed by atoms with Crippen molar-refractivity contribution in [1.29, 1.82) is 0 Å². The molecule has 1 spiro atoms. The second-order valence-electron chi connectivity index (χ2n) is 7.14. The van der Waals surface area contributed by atoms with Crippen LogP contribution in [-0.2, 0) is 29.9 Å². The van der Waals surface area contributed by atoms with Crippen LogP contribution in [0.4, 0.5) is 14.9 Å². The van der Waals surface area contributed by atoms with Crippen LogP contribution in [0.1, 0.15) is 0 Å². The van der Waals surface area contributed by atoms with Gasteiger partial charge in [0.15, 0.2) is 5.82 Å². The maximum absolute atomic E-state index is 15.0. The molecule has 3 aromatic rings. The zero-order chi connectivity index (χ0) is 22.3. The first-order valence-electron chi connectivity index (χ1n) is 9.15. The number of ether oxygens (including phenoxy) is 1. The number of hydrogen-bond acceptors (Lipinski definition) is 11. The van der Waals surface area contributed by atoms with Gasteiger partial charge in [-0.05, 0) is 34.7 Å². The third kappa shape index (κ3) is 2.35. The third-order valence-electron chi connectivity index (χ3n) is 5.28. The highest BCUT2D eigenvalue weighted by Crippen LogP contribution is 2.80. The lowest BCUT2D eigenvalue weighted by molar-refractivity contribution is -0.259. The summed E-state index contributed by atoms with van der Waals surface area (Å²) >= 11 is 0. The minimum atomic E-state index is -3.95. The second-order valence-corrected chi connectivity index (χ2v) is 8.58. The first-order chi connectivity index (χ1) is 15.3. The number of aromatic nitrogens is 5. The van der Waals surface area contributed by atoms with Gasteiger partial charge in [0.05, 0.1) is 5.69 Å². The lowest BCUT2D eigenvalue weighted by atomic mass is 10.1. The van der Waals surface area contributed by atoms with Crippen LogP contribution in [0.15, 0.2) is 36.5 Å². The van der Waals surface area contributed by atoms with Crippen LogP contribution in [0.2, 0.25) is 0 Å². The maximum atomic E-state index is 15.0. The van der Waals surface area contributed by atoms with Crippen LogP contribution >= 0.6 is 7.82 Å². The predicted octanol–water partition coefficient (Wildman–Crippen LogP) is 1.56. The fourth-order valence-corrected chi connectivity index (χ4v) is 5.52. The first-order valence-corrected chi connectivity index (χ1v) is 10.6. The molecule has 15 heteroatoms. The number of pyridine rings is 1. The van der Waals surface area contributed by atoms with Crippen LogP contribution < -0.4 is 4.90 Å². The number of hydrogen-bond donors (Lipinski definition) is 1. The zero-order valence-electron chi connectivity index (χ0n) is 16.1. The molecule has 0 unspecified atom stereocenters. The maximum Gasteiger partial charge on any atom is 0.486 e. The number of rotatable bonds is 4. The van der Waals surface area contributed by atoms with Crippen molar-refractivity contribution >= 4 is 19.6 Å². The van der Waals surface area contributed by atoms with Gasteiger partial charge in [-0.3, -0.25) is 4.98 Å². The Morgan fingerprint density at radius 2 is 2.03 bits per heavy atom. The number of nitrogens with zero attached hydrogens (tertiary/aromatic N) is 6. The van der Waals surface area contributed by atoms with E-state index in [0.29, 0.717) is 17.1 Å². The Balaban J connectivity index is 1.34. The third-order valence-corrected chi connectivity index (χ3v) is 6.74. The molecule has 32 heavy (non-hydrogen) atoms. The Morgan fingerprint density at radius 1 is 1.22 bits per heavy atom. The number of tetrazole rings is 1. The van der Waals surface area contributed by atoms with Gasteiger partial charge in [0.1, 0.15) is 18.1 Å². The monoisotopic (exact) mass is 462 g/mol. The Hall–Kier alpha value is -3.29. The largest absolute Gasteiger partial charge is 0.486 e. The van der Waals surface area contributed by atoms with Crippen molar-refractivity contribution in [3.05, 3.63) is 42.3 Å². The highest BCUT2D eigenvalue weighted by atomic mass is 31.2. The van der Waals surface area contributed by atoms with E-state index in [2.05, 4.69) is 20.5 Å². The van der Waals surface area contributed by atoms with E-state index in [1.807, 2.05) is 0 Å². The fraction of sp³-hybridized carbons (Fsp3) is 0.235. The van der Waals surface area contributed by atoms with E-state index >= 15 is 4.39 Å². The van der Waals surface area contributed by atoms with Crippen LogP contribution in [0.3, 0.4) is 0 Å². The number of amides is 1. The molecule has 0 radical (unpaired) electrons. The van der Waals surface area contributed by atoms with E-state index in [4.69, 9.17) is 18.3 Å². The summed E-state index contributed by atoms with van der Waals surface area (Å²) in [6.07, 6.45) is 0.432. The van der Waals surface area contributed by atoms with Crippen LogP contribution in [0, 0.1) is 5.82 Å². The van der Waals surface area contributed by atoms with Crippen LogP contribution in [0.5, 0.6) is 0 Å². The predicted molar refractivity (Wildman–Crippen MR) is 99.8 cm³/mol. The molecular formula is C17H12FN6O7P. The molecule has 4 saturated heterocycles. The molecule has 4 fully saturated rings. The highest BCUT2D eigenvalue weighted by Gasteiger charge is 2.89. The minimum Gasteiger partial charge on any atom is -0.405 e. The molecular weight excluding hydrogens is 450 g/mol. The van der Waals surface area contributed by atoms with E-state index in [1.165, 1.54) is 23.0 Å². The fourth-order valence-electron chi connectivity index (χ4n) is 3.81. The Labute approximate surface area is 177 Å². The summed E-state index contributed by atoms with van der Waals surface area (Å²) in [5.74, 6) is -4.47. The summed E-state index contributed by atoms with van der Waals surface area (Å²) in [5, 5.41) is 20.8. The number of anilines is 1. The molecule has 13 nitrogen and oxygen atoms in total. The molecule has 0 aliphatic carbocycles. The molecule has 164 valence electrons. The average molecular weight is 462 g/mol. The number of carbonyl (C=O) groups excluding carboxylic acids is 1. The van der Waals surface area contributed by atoms with Gasteiger partial charge in [0, 0.05) is 24.4 Å². The van der Waals surface area contributed by atoms with Gasteiger partial charge in [-0.25, -0.2) is 36.9 Å². The van der Waals surface area contributed by atoms with Gasteiger partial charge < -0.3 is 9.84 Å². The van der Waals surface area contributed by atoms with E-state index in [0.717, 1.165) is 11.0 Å². The van der Waals surface area contributed by atoms with Gasteiger partial charge in [-0.2, -0.15) is 0 Å². The number of halogens is 1. The lowest BCUT2D eigenvalue weighted by Crippen LogP contribution is -2.61. The van der Waals surface area contributed by atoms with Crippen LogP contribution in [-0.4, -0.2) is 54.7 Å². The number of phosphoric ester groups is 1. The summed E-state index contributed by atoms with van der Waals surface area (Å²) in [6.45, 7) is -0.876. The normalized spacial score (nSPS) is 30.2. The van der Waals surface area contributed by atoms with Crippen molar-refractivity contribution in [2.45, 2.75) is 11.7 Å². The molecule has 1 amide bonds. The summed E-state index contributed by atoms with van der Waals surface area (Å²) in [5.41, 5.74) is 1.15. The number of aryl methyl sites for hydroxylation is 1. The van der Waals surface area contributed by atoms with E-state index in [-0.39, 0.29) is 11.3 Å². The smallest absolute Gasteiger partial charge is 0.405 e. The molecule has 2 aromatic heterocycles. The number of phosphoric acid groups is 1. The quantitative estimate of drug-likeness (QED) is 0.563. The lowest BCUT2D eigenvalue weighted by Gasteiger charge is -2.38. The molecule has 2 bridgehead atoms. The Bertz CT molecular complexity index is 1320. The van der Waals surface area contributed by atoms with E-state index < -0.39 is 38.0 Å². The van der Waals surface area contributed by atoms with Gasteiger partial charge in [0.25, 0.3) is 0 Å². The van der Waals surface area contributed by atoms with Crippen molar-refractivity contribution in [1.82, 2.24) is 25.2 Å². The van der Waals surface area contributed by atoms with Gasteiger partial charge in [-0.1, -0.05) is 6.07 Å². The van der Waals surface area contributed by atoms with E-state index in [1.54, 1.807) is 19.2 Å². The number of carbonyl (C=O) groups is 1. The average Bonchev–Trinajstić information content (AvgIpc) is 3.40. The number of aliphatic hydroxyl groups is 1. The summed E-state index contributed by atoms with van der Waals surface area (Å²) in [4.78, 5) is 17.5. The minimum absolute atomic E-state index is 0.0157. The topological polar surface area (TPSA) is 151 Å². The Morgan fingerprint density at radius 3 is 2.66 bits per heavy atom. The van der Waals surface area contributed by atoms with Crippen molar-refractivity contribution in [3.8, 4) is 22.6 Å². The summed E-state index contributed by atoms with van der Waals surface area (Å²) in [6, 6.07) is 7.17. The molecule has 1 N–H and O–H groups in total. The number of benzene rings is 1. The van der Waals surface area contributed by atoms with Crippen molar-refractivity contribution in [2.24, 2.45) is 7.05 Å². The molecule has 7 rings (SSSR count). The second kappa shape index (κ2) is 6.15. The molecule has 1 atom stereocenters. The molecule has 6 heterocycles. The molecule has 4 aliphatic heterocycles. The molecule has 0 saturated carbocycles. The van der Waals surface area contributed by atoms with E-state index in [9.17, 15) is 14.5 Å². The van der Waals surface area contributed by atoms with Gasteiger partial charge in [0.2, 0.25) is 0 Å². The molecule has 1 aromatic carbocycles. The SMILES string of the molecule is Cn1nnnc1-c1ccc(-c2ccc(N3C(=O)O[C@]4(CO)OP5(=O)OC34O5)cc2F)cn1. The highest BCUT2D eigenvalue weighted by molar-refractivity contribution is 7.50. The summed E-state index contributed by atoms with van der Waals surface area (Å²) in [7, 11) is -2.28. The zero-order valence-corrected chi connectivity index (χ0v) is 17.0. The van der Waals surface area contributed by atoms with Crippen molar-refractivity contribution in [2.75, 3.05) is 11.5 Å². The first kappa shape index (κ1) is 19.4.